The summed E-state index contributed by atoms with van der Waals surface area (Å²) in [6.45, 7) is 4.36. The molecule has 0 bridgehead atoms. The second-order valence-electron chi connectivity index (χ2n) is 6.80. The van der Waals surface area contributed by atoms with E-state index in [0.29, 0.717) is 30.4 Å². The van der Waals surface area contributed by atoms with Crippen LogP contribution in [-0.2, 0) is 14.8 Å². The number of benzene rings is 2. The number of carbonyl (C=O) groups is 1. The molecule has 2 aromatic carbocycles. The predicted molar refractivity (Wildman–Crippen MR) is 107 cm³/mol. The molecule has 0 saturated heterocycles. The van der Waals surface area contributed by atoms with Crippen LogP contribution < -0.4 is 19.1 Å². The van der Waals surface area contributed by atoms with E-state index in [0.717, 1.165) is 21.7 Å². The molecule has 0 fully saturated rings. The molecular formula is C20H24N2O5S. The van der Waals surface area contributed by atoms with Gasteiger partial charge in [-0.15, -0.1) is 0 Å². The molecule has 150 valence electrons. The zero-order valence-electron chi connectivity index (χ0n) is 16.1. The zero-order chi connectivity index (χ0) is 20.3. The molecule has 0 unspecified atom stereocenters. The van der Waals surface area contributed by atoms with E-state index in [1.54, 1.807) is 18.2 Å². The van der Waals surface area contributed by atoms with Gasteiger partial charge in [-0.05, 0) is 31.5 Å². The number of carbonyl (C=O) groups excluding carboxylic acids is 1. The Labute approximate surface area is 165 Å². The van der Waals surface area contributed by atoms with Crippen molar-refractivity contribution >= 4 is 21.6 Å². The SMILES string of the molecule is Cc1ccc([C@H](C)NC(=O)CN(c2ccc3c(c2)OCCO3)S(C)(=O)=O)cc1. The summed E-state index contributed by atoms with van der Waals surface area (Å²) in [6, 6.07) is 12.4. The van der Waals surface area contributed by atoms with E-state index in [1.807, 2.05) is 38.1 Å². The lowest BCUT2D eigenvalue weighted by molar-refractivity contribution is -0.120. The van der Waals surface area contributed by atoms with Gasteiger partial charge in [-0.2, -0.15) is 0 Å². The number of sulfonamides is 1. The van der Waals surface area contributed by atoms with Crippen LogP contribution in [0.3, 0.4) is 0 Å². The van der Waals surface area contributed by atoms with Crippen molar-refractivity contribution in [2.75, 3.05) is 30.3 Å². The molecule has 1 N–H and O–H groups in total. The van der Waals surface area contributed by atoms with E-state index in [9.17, 15) is 13.2 Å². The second kappa shape index (κ2) is 8.10. The maximum Gasteiger partial charge on any atom is 0.241 e. The quantitative estimate of drug-likeness (QED) is 0.799. The van der Waals surface area contributed by atoms with Gasteiger partial charge in [0.15, 0.2) is 11.5 Å². The van der Waals surface area contributed by atoms with Crippen LogP contribution in [-0.4, -0.2) is 40.3 Å². The number of nitrogens with one attached hydrogen (secondary N) is 1. The number of hydrogen-bond acceptors (Lipinski definition) is 5. The summed E-state index contributed by atoms with van der Waals surface area (Å²) in [5.41, 5.74) is 2.43. The fraction of sp³-hybridized carbons (Fsp3) is 0.350. The van der Waals surface area contributed by atoms with E-state index in [2.05, 4.69) is 5.32 Å². The topological polar surface area (TPSA) is 84.9 Å². The van der Waals surface area contributed by atoms with Gasteiger partial charge >= 0.3 is 0 Å². The van der Waals surface area contributed by atoms with Gasteiger partial charge in [-0.25, -0.2) is 8.42 Å². The monoisotopic (exact) mass is 404 g/mol. The average molecular weight is 404 g/mol. The molecule has 1 heterocycles. The van der Waals surface area contributed by atoms with E-state index >= 15 is 0 Å². The van der Waals surface area contributed by atoms with Crippen molar-refractivity contribution in [2.45, 2.75) is 19.9 Å². The first-order valence-corrected chi connectivity index (χ1v) is 10.8. The number of rotatable bonds is 6. The van der Waals surface area contributed by atoms with Gasteiger partial charge in [0.05, 0.1) is 18.0 Å². The Morgan fingerprint density at radius 2 is 1.75 bits per heavy atom. The molecule has 3 rings (SSSR count). The van der Waals surface area contributed by atoms with E-state index in [4.69, 9.17) is 9.47 Å². The largest absolute Gasteiger partial charge is 0.486 e. The summed E-state index contributed by atoms with van der Waals surface area (Å²) in [4.78, 5) is 12.5. The van der Waals surface area contributed by atoms with Crippen LogP contribution in [0.15, 0.2) is 42.5 Å². The van der Waals surface area contributed by atoms with Crippen molar-refractivity contribution in [2.24, 2.45) is 0 Å². The highest BCUT2D eigenvalue weighted by Gasteiger charge is 2.24. The maximum absolute atomic E-state index is 12.5. The fourth-order valence-corrected chi connectivity index (χ4v) is 3.79. The minimum Gasteiger partial charge on any atom is -0.486 e. The van der Waals surface area contributed by atoms with Crippen molar-refractivity contribution in [3.8, 4) is 11.5 Å². The molecular weight excluding hydrogens is 380 g/mol. The van der Waals surface area contributed by atoms with Crippen molar-refractivity contribution in [3.05, 3.63) is 53.6 Å². The molecule has 0 saturated carbocycles. The van der Waals surface area contributed by atoms with Crippen molar-refractivity contribution in [1.29, 1.82) is 0 Å². The van der Waals surface area contributed by atoms with Gasteiger partial charge in [0.1, 0.15) is 19.8 Å². The third-order valence-electron chi connectivity index (χ3n) is 4.46. The van der Waals surface area contributed by atoms with Crippen molar-refractivity contribution < 1.29 is 22.7 Å². The van der Waals surface area contributed by atoms with Gasteiger partial charge in [0, 0.05) is 6.07 Å². The molecule has 28 heavy (non-hydrogen) atoms. The van der Waals surface area contributed by atoms with Gasteiger partial charge in [0.25, 0.3) is 0 Å². The van der Waals surface area contributed by atoms with Gasteiger partial charge < -0.3 is 14.8 Å². The lowest BCUT2D eigenvalue weighted by atomic mass is 10.1. The minimum absolute atomic E-state index is 0.241. The molecule has 1 amide bonds. The van der Waals surface area contributed by atoms with Crippen molar-refractivity contribution in [3.63, 3.8) is 0 Å². The molecule has 0 aromatic heterocycles. The van der Waals surface area contributed by atoms with Gasteiger partial charge in [-0.1, -0.05) is 29.8 Å². The summed E-state index contributed by atoms with van der Waals surface area (Å²) in [5, 5.41) is 2.85. The molecule has 0 spiro atoms. The van der Waals surface area contributed by atoms with Crippen LogP contribution >= 0.6 is 0 Å². The van der Waals surface area contributed by atoms with Crippen LogP contribution in [0.25, 0.3) is 0 Å². The molecule has 0 aliphatic carbocycles. The Bertz CT molecular complexity index is 957. The standard InChI is InChI=1S/C20H24N2O5S/c1-14-4-6-16(7-5-14)15(2)21-20(23)13-22(28(3,24)25)17-8-9-18-19(12-17)27-11-10-26-18/h4-9,12,15H,10-11,13H2,1-3H3,(H,21,23)/t15-/m0/s1. The van der Waals surface area contributed by atoms with Crippen molar-refractivity contribution in [1.82, 2.24) is 5.32 Å². The van der Waals surface area contributed by atoms with Crippen LogP contribution in [0.1, 0.15) is 24.1 Å². The third kappa shape index (κ3) is 4.75. The highest BCUT2D eigenvalue weighted by molar-refractivity contribution is 7.92. The number of amides is 1. The smallest absolute Gasteiger partial charge is 0.241 e. The molecule has 1 aliphatic heterocycles. The number of anilines is 1. The molecule has 8 heteroatoms. The molecule has 0 radical (unpaired) electrons. The summed E-state index contributed by atoms with van der Waals surface area (Å²) < 4.78 is 36.6. The van der Waals surface area contributed by atoms with Gasteiger partial charge in [-0.3, -0.25) is 9.10 Å². The summed E-state index contributed by atoms with van der Waals surface area (Å²) in [5.74, 6) is 0.625. The molecule has 2 aromatic rings. The first-order chi connectivity index (χ1) is 13.2. The van der Waals surface area contributed by atoms with Gasteiger partial charge in [0.2, 0.25) is 15.9 Å². The average Bonchev–Trinajstić information content (AvgIpc) is 2.65. The predicted octanol–water partition coefficient (Wildman–Crippen LogP) is 2.41. The maximum atomic E-state index is 12.5. The Balaban J connectivity index is 1.76. The second-order valence-corrected chi connectivity index (χ2v) is 8.70. The third-order valence-corrected chi connectivity index (χ3v) is 5.60. The van der Waals surface area contributed by atoms with E-state index in [1.165, 1.54) is 0 Å². The van der Waals surface area contributed by atoms with Crippen LogP contribution in [0.4, 0.5) is 5.69 Å². The molecule has 1 aliphatic rings. The Hall–Kier alpha value is -2.74. The summed E-state index contributed by atoms with van der Waals surface area (Å²) >= 11 is 0. The normalized spacial score (nSPS) is 14.2. The van der Waals surface area contributed by atoms with Crippen LogP contribution in [0.2, 0.25) is 0 Å². The molecule has 1 atom stereocenters. The Kier molecular flexibility index (Phi) is 5.79. The first-order valence-electron chi connectivity index (χ1n) is 8.97. The highest BCUT2D eigenvalue weighted by Crippen LogP contribution is 2.34. The van der Waals surface area contributed by atoms with E-state index < -0.39 is 15.9 Å². The number of ether oxygens (including phenoxy) is 2. The van der Waals surface area contributed by atoms with E-state index in [-0.39, 0.29) is 12.6 Å². The van der Waals surface area contributed by atoms with Crippen LogP contribution in [0, 0.1) is 6.92 Å². The Morgan fingerprint density at radius 3 is 2.39 bits per heavy atom. The minimum atomic E-state index is -3.67. The molecule has 7 nitrogen and oxygen atoms in total. The zero-order valence-corrected chi connectivity index (χ0v) is 17.0. The lowest BCUT2D eigenvalue weighted by Gasteiger charge is -2.25. The summed E-state index contributed by atoms with van der Waals surface area (Å²) in [6.07, 6.45) is 1.07. The first kappa shape index (κ1) is 20.0. The number of nitrogens with zero attached hydrogens (tertiary/aromatic N) is 1. The van der Waals surface area contributed by atoms with Crippen LogP contribution in [0.5, 0.6) is 11.5 Å². The lowest BCUT2D eigenvalue weighted by Crippen LogP contribution is -2.41. The number of fused-ring (bicyclic) bond motifs is 1. The summed E-state index contributed by atoms with van der Waals surface area (Å²) in [7, 11) is -3.67. The number of hydrogen-bond donors (Lipinski definition) is 1. The Morgan fingerprint density at radius 1 is 1.11 bits per heavy atom. The number of aryl methyl sites for hydroxylation is 1. The highest BCUT2D eigenvalue weighted by atomic mass is 32.2. The fourth-order valence-electron chi connectivity index (χ4n) is 2.94.